The minimum atomic E-state index is -3.74. The van der Waals surface area contributed by atoms with Crippen molar-refractivity contribution >= 4 is 10.0 Å². The number of hydrogen-bond donors (Lipinski definition) is 2. The lowest BCUT2D eigenvalue weighted by molar-refractivity contribution is 0.411. The Morgan fingerprint density at radius 2 is 2.10 bits per heavy atom. The van der Waals surface area contributed by atoms with Gasteiger partial charge in [0.1, 0.15) is 12.1 Å². The van der Waals surface area contributed by atoms with Gasteiger partial charge in [0, 0.05) is 18.2 Å². The molecule has 2 N–H and O–H groups in total. The molecule has 0 aliphatic heterocycles. The van der Waals surface area contributed by atoms with Gasteiger partial charge in [0.25, 0.3) is 0 Å². The number of nitrogens with zero attached hydrogens (tertiary/aromatic N) is 1. The lowest BCUT2D eigenvalue weighted by Crippen LogP contribution is -2.24. The van der Waals surface area contributed by atoms with E-state index in [1.807, 2.05) is 0 Å². The fourth-order valence-corrected chi connectivity index (χ4v) is 3.00. The quantitative estimate of drug-likeness (QED) is 0.840. The van der Waals surface area contributed by atoms with Gasteiger partial charge in [-0.05, 0) is 31.7 Å². The van der Waals surface area contributed by atoms with E-state index in [2.05, 4.69) is 19.7 Å². The number of hydrogen-bond acceptors (Lipinski definition) is 5. The highest BCUT2D eigenvalue weighted by Crippen LogP contribution is 2.19. The molecular weight excluding hydrogens is 297 g/mol. The van der Waals surface area contributed by atoms with Crippen molar-refractivity contribution in [1.82, 2.24) is 15.2 Å². The van der Waals surface area contributed by atoms with Crippen LogP contribution in [0.5, 0.6) is 0 Å². The zero-order chi connectivity index (χ0) is 15.5. The summed E-state index contributed by atoms with van der Waals surface area (Å²) in [5.41, 5.74) is 1.05. The van der Waals surface area contributed by atoms with Crippen molar-refractivity contribution in [2.45, 2.75) is 24.9 Å². The molecule has 1 aromatic carbocycles. The first-order valence-corrected chi connectivity index (χ1v) is 7.75. The van der Waals surface area contributed by atoms with Gasteiger partial charge in [-0.1, -0.05) is 5.16 Å². The summed E-state index contributed by atoms with van der Waals surface area (Å²) in [6, 6.07) is 4.19. The van der Waals surface area contributed by atoms with Gasteiger partial charge < -0.3 is 9.84 Å². The zero-order valence-electron chi connectivity index (χ0n) is 11.7. The highest BCUT2D eigenvalue weighted by atomic mass is 32.2. The molecule has 0 aliphatic rings. The summed E-state index contributed by atoms with van der Waals surface area (Å²) in [5.74, 6) is -0.403. The van der Waals surface area contributed by atoms with Crippen LogP contribution in [-0.2, 0) is 23.1 Å². The Bertz CT molecular complexity index is 715. The van der Waals surface area contributed by atoms with Gasteiger partial charge >= 0.3 is 0 Å². The number of halogens is 1. The van der Waals surface area contributed by atoms with Crippen molar-refractivity contribution in [3.05, 3.63) is 47.1 Å². The lowest BCUT2D eigenvalue weighted by Gasteiger charge is -2.10. The predicted molar refractivity (Wildman–Crippen MR) is 74.4 cm³/mol. The number of aryl methyl sites for hydroxylation is 1. The largest absolute Gasteiger partial charge is 0.364 e. The molecule has 8 heteroatoms. The topological polar surface area (TPSA) is 84.2 Å². The summed E-state index contributed by atoms with van der Waals surface area (Å²) < 4.78 is 45.4. The summed E-state index contributed by atoms with van der Waals surface area (Å²) in [5, 5.41) is 6.43. The van der Waals surface area contributed by atoms with Gasteiger partial charge in [-0.2, -0.15) is 0 Å². The molecule has 0 saturated heterocycles. The maximum absolute atomic E-state index is 13.9. The summed E-state index contributed by atoms with van der Waals surface area (Å²) in [7, 11) is -2.08. The Morgan fingerprint density at radius 1 is 1.33 bits per heavy atom. The molecule has 0 fully saturated rings. The first kappa shape index (κ1) is 15.6. The van der Waals surface area contributed by atoms with E-state index in [1.165, 1.54) is 25.3 Å². The SMILES string of the molecule is CNCc1cc(S(=O)(=O)NCc2ccon2)cc(C)c1F. The van der Waals surface area contributed by atoms with Gasteiger partial charge in [-0.3, -0.25) is 0 Å². The van der Waals surface area contributed by atoms with Crippen LogP contribution in [0, 0.1) is 12.7 Å². The van der Waals surface area contributed by atoms with E-state index < -0.39 is 15.8 Å². The number of nitrogens with one attached hydrogen (secondary N) is 2. The van der Waals surface area contributed by atoms with Crippen LogP contribution >= 0.6 is 0 Å². The second-order valence-corrected chi connectivity index (χ2v) is 6.33. The first-order chi connectivity index (χ1) is 9.94. The number of sulfonamides is 1. The molecule has 0 amide bonds. The Balaban J connectivity index is 2.27. The van der Waals surface area contributed by atoms with Crippen LogP contribution in [0.2, 0.25) is 0 Å². The number of rotatable bonds is 6. The maximum Gasteiger partial charge on any atom is 0.240 e. The average Bonchev–Trinajstić information content (AvgIpc) is 2.95. The maximum atomic E-state index is 13.9. The first-order valence-electron chi connectivity index (χ1n) is 6.26. The monoisotopic (exact) mass is 313 g/mol. The zero-order valence-corrected chi connectivity index (χ0v) is 12.5. The average molecular weight is 313 g/mol. The normalized spacial score (nSPS) is 11.8. The lowest BCUT2D eigenvalue weighted by atomic mass is 10.1. The van der Waals surface area contributed by atoms with Crippen LogP contribution in [0.4, 0.5) is 4.39 Å². The molecule has 1 aromatic heterocycles. The standard InChI is InChI=1S/C13H16FN3O3S/c1-9-5-12(6-10(7-15-2)13(9)14)21(18,19)16-8-11-3-4-20-17-11/h3-6,15-16H,7-8H2,1-2H3. The van der Waals surface area contributed by atoms with E-state index in [0.29, 0.717) is 11.3 Å². The highest BCUT2D eigenvalue weighted by Gasteiger charge is 2.18. The molecule has 0 aliphatic carbocycles. The molecule has 0 unspecified atom stereocenters. The molecule has 0 spiro atoms. The third-order valence-electron chi connectivity index (χ3n) is 2.92. The van der Waals surface area contributed by atoms with Gasteiger partial charge in [0.2, 0.25) is 10.0 Å². The minimum Gasteiger partial charge on any atom is -0.364 e. The number of benzene rings is 1. The van der Waals surface area contributed by atoms with E-state index in [1.54, 1.807) is 13.1 Å². The van der Waals surface area contributed by atoms with Gasteiger partial charge in [0.05, 0.1) is 17.1 Å². The van der Waals surface area contributed by atoms with Crippen LogP contribution in [0.25, 0.3) is 0 Å². The van der Waals surface area contributed by atoms with Crippen LogP contribution in [-0.4, -0.2) is 20.6 Å². The second-order valence-electron chi connectivity index (χ2n) is 4.56. The van der Waals surface area contributed by atoms with Gasteiger partial charge in [-0.15, -0.1) is 0 Å². The molecule has 2 aromatic rings. The molecule has 0 radical (unpaired) electrons. The van der Waals surface area contributed by atoms with E-state index >= 15 is 0 Å². The fraction of sp³-hybridized carbons (Fsp3) is 0.308. The second kappa shape index (κ2) is 6.33. The van der Waals surface area contributed by atoms with Gasteiger partial charge in [0.15, 0.2) is 0 Å². The van der Waals surface area contributed by atoms with E-state index in [-0.39, 0.29) is 23.5 Å². The highest BCUT2D eigenvalue weighted by molar-refractivity contribution is 7.89. The summed E-state index contributed by atoms with van der Waals surface area (Å²) in [6.07, 6.45) is 1.36. The summed E-state index contributed by atoms with van der Waals surface area (Å²) in [4.78, 5) is 0.0233. The summed E-state index contributed by atoms with van der Waals surface area (Å²) in [6.45, 7) is 1.79. The molecule has 6 nitrogen and oxygen atoms in total. The van der Waals surface area contributed by atoms with Crippen LogP contribution < -0.4 is 10.0 Å². The molecular formula is C13H16FN3O3S. The summed E-state index contributed by atoms with van der Waals surface area (Å²) >= 11 is 0. The molecule has 1 heterocycles. The van der Waals surface area contributed by atoms with Crippen molar-refractivity contribution in [3.8, 4) is 0 Å². The third kappa shape index (κ3) is 3.66. The predicted octanol–water partition coefficient (Wildman–Crippen LogP) is 1.32. The van der Waals surface area contributed by atoms with Crippen molar-refractivity contribution in [3.63, 3.8) is 0 Å². The Morgan fingerprint density at radius 3 is 2.71 bits per heavy atom. The van der Waals surface area contributed by atoms with E-state index in [9.17, 15) is 12.8 Å². The fourth-order valence-electron chi connectivity index (χ4n) is 1.86. The minimum absolute atomic E-state index is 0.0105. The smallest absolute Gasteiger partial charge is 0.240 e. The Hall–Kier alpha value is -1.77. The van der Waals surface area contributed by atoms with E-state index in [0.717, 1.165) is 0 Å². The molecule has 0 atom stereocenters. The van der Waals surface area contributed by atoms with Crippen LogP contribution in [0.15, 0.2) is 33.9 Å². The van der Waals surface area contributed by atoms with Crippen molar-refractivity contribution in [2.24, 2.45) is 0 Å². The third-order valence-corrected chi connectivity index (χ3v) is 4.30. The molecule has 0 saturated carbocycles. The molecule has 114 valence electrons. The molecule has 21 heavy (non-hydrogen) atoms. The number of aromatic nitrogens is 1. The van der Waals surface area contributed by atoms with Crippen LogP contribution in [0.1, 0.15) is 16.8 Å². The van der Waals surface area contributed by atoms with E-state index in [4.69, 9.17) is 0 Å². The van der Waals surface area contributed by atoms with Crippen molar-refractivity contribution < 1.29 is 17.3 Å². The Labute approximate surface area is 122 Å². The van der Waals surface area contributed by atoms with Crippen molar-refractivity contribution in [2.75, 3.05) is 7.05 Å². The van der Waals surface area contributed by atoms with Crippen LogP contribution in [0.3, 0.4) is 0 Å². The molecule has 2 rings (SSSR count). The van der Waals surface area contributed by atoms with Gasteiger partial charge in [-0.25, -0.2) is 17.5 Å². The van der Waals surface area contributed by atoms with Crippen molar-refractivity contribution in [1.29, 1.82) is 0 Å². The Kier molecular flexibility index (Phi) is 4.71. The molecule has 0 bridgehead atoms.